The Kier molecular flexibility index (Phi) is 2.31. The molecule has 0 radical (unpaired) electrons. The van der Waals surface area contributed by atoms with Crippen molar-refractivity contribution in [1.82, 2.24) is 4.57 Å². The Bertz CT molecular complexity index is 555. The van der Waals surface area contributed by atoms with E-state index in [0.29, 0.717) is 0 Å². The number of allylic oxidation sites excluding steroid dienone is 1. The minimum atomic E-state index is 0.730. The standard InChI is InChI=1S/C13H12N2/c1-10(2)9-15-7-6-12-11(8-14)4-3-5-13(12)15/h3-7H,1,9H2,2H3. The molecule has 0 spiro atoms. The van der Waals surface area contributed by atoms with Crippen LogP contribution in [0.3, 0.4) is 0 Å². The normalized spacial score (nSPS) is 10.1. The summed E-state index contributed by atoms with van der Waals surface area (Å²) in [5.74, 6) is 0. The summed E-state index contributed by atoms with van der Waals surface area (Å²) >= 11 is 0. The van der Waals surface area contributed by atoms with E-state index in [1.165, 1.54) is 0 Å². The van der Waals surface area contributed by atoms with E-state index in [2.05, 4.69) is 17.2 Å². The van der Waals surface area contributed by atoms with Crippen molar-refractivity contribution in [3.63, 3.8) is 0 Å². The van der Waals surface area contributed by atoms with E-state index in [9.17, 15) is 0 Å². The van der Waals surface area contributed by atoms with Crippen LogP contribution in [0.5, 0.6) is 0 Å². The van der Waals surface area contributed by atoms with Crippen molar-refractivity contribution in [3.8, 4) is 6.07 Å². The van der Waals surface area contributed by atoms with Gasteiger partial charge in [0, 0.05) is 23.6 Å². The fraction of sp³-hybridized carbons (Fsp3) is 0.154. The minimum absolute atomic E-state index is 0.730. The van der Waals surface area contributed by atoms with Crippen molar-refractivity contribution in [2.24, 2.45) is 0 Å². The first-order valence-electron chi connectivity index (χ1n) is 4.84. The van der Waals surface area contributed by atoms with E-state index in [4.69, 9.17) is 5.26 Å². The maximum atomic E-state index is 8.95. The van der Waals surface area contributed by atoms with Crippen LogP contribution in [-0.4, -0.2) is 4.57 Å². The van der Waals surface area contributed by atoms with Crippen LogP contribution >= 0.6 is 0 Å². The molecule has 0 saturated carbocycles. The van der Waals surface area contributed by atoms with Crippen molar-refractivity contribution >= 4 is 10.9 Å². The van der Waals surface area contributed by atoms with Gasteiger partial charge in [0.2, 0.25) is 0 Å². The van der Waals surface area contributed by atoms with Gasteiger partial charge in [-0.05, 0) is 25.1 Å². The predicted molar refractivity (Wildman–Crippen MR) is 61.5 cm³/mol. The molecule has 2 rings (SSSR count). The number of hydrogen-bond donors (Lipinski definition) is 0. The molecule has 2 aromatic rings. The summed E-state index contributed by atoms with van der Waals surface area (Å²) in [6, 6.07) is 9.96. The second kappa shape index (κ2) is 3.62. The topological polar surface area (TPSA) is 28.7 Å². The summed E-state index contributed by atoms with van der Waals surface area (Å²) < 4.78 is 2.11. The molecule has 0 saturated heterocycles. The molecule has 0 N–H and O–H groups in total. The van der Waals surface area contributed by atoms with Crippen molar-refractivity contribution in [1.29, 1.82) is 5.26 Å². The Morgan fingerprint density at radius 2 is 2.27 bits per heavy atom. The lowest BCUT2D eigenvalue weighted by atomic mass is 10.1. The van der Waals surface area contributed by atoms with E-state index in [0.717, 1.165) is 28.6 Å². The first kappa shape index (κ1) is 9.54. The number of nitrogens with zero attached hydrogens (tertiary/aromatic N) is 2. The van der Waals surface area contributed by atoms with Gasteiger partial charge in [0.15, 0.2) is 0 Å². The fourth-order valence-corrected chi connectivity index (χ4v) is 1.75. The average molecular weight is 196 g/mol. The van der Waals surface area contributed by atoms with Crippen molar-refractivity contribution in [2.45, 2.75) is 13.5 Å². The lowest BCUT2D eigenvalue weighted by Crippen LogP contribution is -1.95. The third-order valence-electron chi connectivity index (χ3n) is 2.37. The second-order valence-corrected chi connectivity index (χ2v) is 3.75. The molecular weight excluding hydrogens is 184 g/mol. The molecule has 0 aliphatic rings. The van der Waals surface area contributed by atoms with Gasteiger partial charge in [0.05, 0.1) is 11.6 Å². The fourth-order valence-electron chi connectivity index (χ4n) is 1.75. The van der Waals surface area contributed by atoms with Gasteiger partial charge in [-0.2, -0.15) is 5.26 Å². The predicted octanol–water partition coefficient (Wildman–Crippen LogP) is 3.09. The summed E-state index contributed by atoms with van der Waals surface area (Å²) in [6.45, 7) is 6.70. The molecule has 15 heavy (non-hydrogen) atoms. The van der Waals surface area contributed by atoms with Crippen LogP contribution in [0, 0.1) is 11.3 Å². The molecule has 2 heteroatoms. The number of aromatic nitrogens is 1. The zero-order chi connectivity index (χ0) is 10.8. The van der Waals surface area contributed by atoms with Crippen LogP contribution < -0.4 is 0 Å². The van der Waals surface area contributed by atoms with Crippen molar-refractivity contribution in [2.75, 3.05) is 0 Å². The van der Waals surface area contributed by atoms with Gasteiger partial charge in [-0.15, -0.1) is 0 Å². The Hall–Kier alpha value is -2.01. The number of benzene rings is 1. The highest BCUT2D eigenvalue weighted by Gasteiger charge is 2.04. The molecule has 0 unspecified atom stereocenters. The molecule has 2 nitrogen and oxygen atoms in total. The van der Waals surface area contributed by atoms with Crippen LogP contribution in [0.25, 0.3) is 10.9 Å². The third-order valence-corrected chi connectivity index (χ3v) is 2.37. The van der Waals surface area contributed by atoms with Gasteiger partial charge in [0.1, 0.15) is 0 Å². The quantitative estimate of drug-likeness (QED) is 0.678. The van der Waals surface area contributed by atoms with Crippen molar-refractivity contribution in [3.05, 3.63) is 48.2 Å². The maximum absolute atomic E-state index is 8.95. The molecule has 0 aliphatic carbocycles. The minimum Gasteiger partial charge on any atom is -0.343 e. The van der Waals surface area contributed by atoms with Gasteiger partial charge >= 0.3 is 0 Å². The molecule has 74 valence electrons. The number of rotatable bonds is 2. The van der Waals surface area contributed by atoms with Gasteiger partial charge in [0.25, 0.3) is 0 Å². The van der Waals surface area contributed by atoms with Crippen LogP contribution in [0.4, 0.5) is 0 Å². The van der Waals surface area contributed by atoms with Crippen LogP contribution in [0.1, 0.15) is 12.5 Å². The van der Waals surface area contributed by atoms with E-state index < -0.39 is 0 Å². The van der Waals surface area contributed by atoms with Gasteiger partial charge < -0.3 is 4.57 Å². The van der Waals surface area contributed by atoms with Crippen LogP contribution in [0.15, 0.2) is 42.6 Å². The first-order valence-corrected chi connectivity index (χ1v) is 4.84. The molecule has 0 amide bonds. The number of hydrogen-bond acceptors (Lipinski definition) is 1. The van der Waals surface area contributed by atoms with E-state index in [1.807, 2.05) is 37.4 Å². The summed E-state index contributed by atoms with van der Waals surface area (Å²) in [7, 11) is 0. The number of nitriles is 1. The van der Waals surface area contributed by atoms with E-state index in [1.54, 1.807) is 0 Å². The molecule has 0 atom stereocenters. The molecule has 1 aromatic heterocycles. The second-order valence-electron chi connectivity index (χ2n) is 3.75. The highest BCUT2D eigenvalue weighted by atomic mass is 14.9. The Labute approximate surface area is 89.1 Å². The molecule has 0 fully saturated rings. The van der Waals surface area contributed by atoms with Gasteiger partial charge in [-0.25, -0.2) is 0 Å². The zero-order valence-corrected chi connectivity index (χ0v) is 8.70. The summed E-state index contributed by atoms with van der Waals surface area (Å²) in [4.78, 5) is 0. The molecular formula is C13H12N2. The molecule has 1 aromatic carbocycles. The third kappa shape index (κ3) is 1.64. The SMILES string of the molecule is C=C(C)Cn1ccc2c(C#N)cccc21. The average Bonchev–Trinajstić information content (AvgIpc) is 2.61. The summed E-state index contributed by atoms with van der Waals surface area (Å²) in [6.07, 6.45) is 2.00. The lowest BCUT2D eigenvalue weighted by molar-refractivity contribution is 0.822. The Morgan fingerprint density at radius 1 is 1.47 bits per heavy atom. The Balaban J connectivity index is 2.62. The maximum Gasteiger partial charge on any atom is 0.0998 e. The summed E-state index contributed by atoms with van der Waals surface area (Å²) in [5.41, 5.74) is 2.93. The number of fused-ring (bicyclic) bond motifs is 1. The highest BCUT2D eigenvalue weighted by Crippen LogP contribution is 2.20. The first-order chi connectivity index (χ1) is 7.22. The Morgan fingerprint density at radius 3 is 2.93 bits per heavy atom. The summed E-state index contributed by atoms with van der Waals surface area (Å²) in [5, 5.41) is 9.96. The van der Waals surface area contributed by atoms with Crippen molar-refractivity contribution < 1.29 is 0 Å². The van der Waals surface area contributed by atoms with Gasteiger partial charge in [-0.1, -0.05) is 18.2 Å². The van der Waals surface area contributed by atoms with Crippen LogP contribution in [0.2, 0.25) is 0 Å². The largest absolute Gasteiger partial charge is 0.343 e. The molecule has 0 bridgehead atoms. The smallest absolute Gasteiger partial charge is 0.0998 e. The van der Waals surface area contributed by atoms with E-state index in [-0.39, 0.29) is 0 Å². The molecule has 1 heterocycles. The monoisotopic (exact) mass is 196 g/mol. The van der Waals surface area contributed by atoms with Gasteiger partial charge in [-0.3, -0.25) is 0 Å². The van der Waals surface area contributed by atoms with Crippen LogP contribution in [-0.2, 0) is 6.54 Å². The molecule has 0 aliphatic heterocycles. The van der Waals surface area contributed by atoms with E-state index >= 15 is 0 Å². The highest BCUT2D eigenvalue weighted by molar-refractivity contribution is 5.86. The lowest BCUT2D eigenvalue weighted by Gasteiger charge is -2.04. The zero-order valence-electron chi connectivity index (χ0n) is 8.70.